The van der Waals surface area contributed by atoms with Gasteiger partial charge in [0.2, 0.25) is 0 Å². The lowest BCUT2D eigenvalue weighted by Gasteiger charge is -2.20. The second kappa shape index (κ2) is 9.25. The third kappa shape index (κ3) is 4.52. The highest BCUT2D eigenvalue weighted by Gasteiger charge is 2.31. The number of carbonyl (C=O) groups excluding carboxylic acids is 1. The molecule has 0 saturated heterocycles. The van der Waals surface area contributed by atoms with Crippen molar-refractivity contribution in [1.29, 1.82) is 0 Å². The zero-order chi connectivity index (χ0) is 20.1. The Labute approximate surface area is 171 Å². The largest absolute Gasteiger partial charge is 0.544 e. The second-order valence-corrected chi connectivity index (χ2v) is 8.12. The first-order chi connectivity index (χ1) is 14.2. The van der Waals surface area contributed by atoms with Gasteiger partial charge < -0.3 is 14.5 Å². The second-order valence-electron chi connectivity index (χ2n) is 8.12. The molecular weight excluding hydrogens is 368 g/mol. The van der Waals surface area contributed by atoms with Crippen LogP contribution in [-0.2, 0) is 9.63 Å². The Bertz CT molecular complexity index is 850. The van der Waals surface area contributed by atoms with Crippen LogP contribution < -0.4 is 5.11 Å². The predicted octanol–water partition coefficient (Wildman–Crippen LogP) is 4.78. The summed E-state index contributed by atoms with van der Waals surface area (Å²) in [5.41, 5.74) is 2.64. The van der Waals surface area contributed by atoms with Gasteiger partial charge >= 0.3 is 5.97 Å². The molecule has 6 nitrogen and oxygen atoms in total. The van der Waals surface area contributed by atoms with Crippen molar-refractivity contribution in [2.45, 2.75) is 70.1 Å². The molecule has 0 radical (unpaired) electrons. The van der Waals surface area contributed by atoms with Crippen LogP contribution in [-0.4, -0.2) is 16.8 Å². The number of nitrogens with zero attached hydrogens (tertiary/aromatic N) is 2. The molecule has 29 heavy (non-hydrogen) atoms. The third-order valence-corrected chi connectivity index (χ3v) is 6.18. The fraction of sp³-hybridized carbons (Fsp3) is 0.522. The first-order valence-corrected chi connectivity index (χ1v) is 10.7. The molecule has 0 atom stereocenters. The van der Waals surface area contributed by atoms with Gasteiger partial charge in [-0.1, -0.05) is 68.0 Å². The van der Waals surface area contributed by atoms with Crippen molar-refractivity contribution in [3.05, 3.63) is 41.1 Å². The fourth-order valence-electron chi connectivity index (χ4n) is 4.60. The number of aromatic nitrogens is 1. The lowest BCUT2D eigenvalue weighted by Crippen LogP contribution is -2.19. The molecule has 0 aromatic carbocycles. The summed E-state index contributed by atoms with van der Waals surface area (Å²) in [6.45, 7) is 0. The Morgan fingerprint density at radius 1 is 0.897 bits per heavy atom. The smallest absolute Gasteiger partial charge is 0.367 e. The highest BCUT2D eigenvalue weighted by molar-refractivity contribution is 6.23. The Morgan fingerprint density at radius 2 is 1.59 bits per heavy atom. The molecule has 1 aromatic rings. The molecule has 1 aromatic heterocycles. The Kier molecular flexibility index (Phi) is 6.27. The molecule has 0 unspecified atom stereocenters. The Balaban J connectivity index is 1.43. The van der Waals surface area contributed by atoms with E-state index in [-0.39, 0.29) is 11.9 Å². The molecule has 0 spiro atoms. The summed E-state index contributed by atoms with van der Waals surface area (Å²) in [5, 5.41) is 20.1. The van der Waals surface area contributed by atoms with Crippen molar-refractivity contribution in [2.24, 2.45) is 11.1 Å². The average Bonchev–Trinajstić information content (AvgIpc) is 3.32. The normalized spacial score (nSPS) is 23.4. The highest BCUT2D eigenvalue weighted by Crippen LogP contribution is 2.36. The molecule has 0 bridgehead atoms. The van der Waals surface area contributed by atoms with Gasteiger partial charge in [-0.05, 0) is 31.8 Å². The van der Waals surface area contributed by atoms with E-state index in [4.69, 9.17) is 9.36 Å². The van der Waals surface area contributed by atoms with Crippen molar-refractivity contribution in [3.63, 3.8) is 0 Å². The van der Waals surface area contributed by atoms with Crippen molar-refractivity contribution >= 4 is 17.8 Å². The molecule has 0 amide bonds. The molecule has 0 N–H and O–H groups in total. The summed E-state index contributed by atoms with van der Waals surface area (Å²) in [5.74, 6) is -0.161. The van der Waals surface area contributed by atoms with Gasteiger partial charge in [-0.15, -0.1) is 0 Å². The van der Waals surface area contributed by atoms with Crippen molar-refractivity contribution in [1.82, 2.24) is 5.16 Å². The fourth-order valence-corrected chi connectivity index (χ4v) is 4.60. The molecular formula is C23H27N2O4-. The minimum atomic E-state index is -0.389. The van der Waals surface area contributed by atoms with Crippen molar-refractivity contribution < 1.29 is 19.3 Å². The monoisotopic (exact) mass is 395 g/mol. The van der Waals surface area contributed by atoms with E-state index in [1.807, 2.05) is 0 Å². The predicted molar refractivity (Wildman–Crippen MR) is 108 cm³/mol. The number of carbonyl (C=O) groups is 1. The summed E-state index contributed by atoms with van der Waals surface area (Å²) in [6, 6.07) is 0. The maximum absolute atomic E-state index is 12.0. The van der Waals surface area contributed by atoms with E-state index < -0.39 is 0 Å². The van der Waals surface area contributed by atoms with Crippen LogP contribution in [0.25, 0.3) is 6.08 Å². The van der Waals surface area contributed by atoms with Crippen LogP contribution in [0, 0.1) is 5.92 Å². The maximum Gasteiger partial charge on any atom is 0.367 e. The van der Waals surface area contributed by atoms with Gasteiger partial charge in [0.15, 0.2) is 0 Å². The lowest BCUT2D eigenvalue weighted by molar-refractivity contribution is -0.297. The van der Waals surface area contributed by atoms with Gasteiger partial charge in [0, 0.05) is 17.4 Å². The summed E-state index contributed by atoms with van der Waals surface area (Å²) in [4.78, 5) is 16.9. The Hall–Kier alpha value is -2.63. The van der Waals surface area contributed by atoms with Crippen LogP contribution >= 0.6 is 0 Å². The quantitative estimate of drug-likeness (QED) is 0.406. The molecule has 4 rings (SSSR count). The third-order valence-electron chi connectivity index (χ3n) is 6.18. The summed E-state index contributed by atoms with van der Waals surface area (Å²) in [7, 11) is 0. The molecule has 2 saturated carbocycles. The van der Waals surface area contributed by atoms with Crippen molar-refractivity contribution in [3.8, 4) is 5.95 Å². The lowest BCUT2D eigenvalue weighted by atomic mass is 9.83. The van der Waals surface area contributed by atoms with Gasteiger partial charge in [-0.2, -0.15) is 5.16 Å². The topological polar surface area (TPSA) is 87.8 Å². The number of allylic oxidation sites excluding steroid dienone is 4. The zero-order valence-electron chi connectivity index (χ0n) is 16.6. The number of rotatable bonds is 5. The first kappa shape index (κ1) is 19.7. The van der Waals surface area contributed by atoms with Gasteiger partial charge in [0.05, 0.1) is 22.9 Å². The van der Waals surface area contributed by atoms with E-state index >= 15 is 0 Å². The van der Waals surface area contributed by atoms with E-state index in [0.29, 0.717) is 23.0 Å². The van der Waals surface area contributed by atoms with Crippen LogP contribution in [0.4, 0.5) is 0 Å². The summed E-state index contributed by atoms with van der Waals surface area (Å²) < 4.78 is 4.91. The highest BCUT2D eigenvalue weighted by atomic mass is 16.7. The van der Waals surface area contributed by atoms with Crippen LogP contribution in [0.3, 0.4) is 0 Å². The molecule has 3 aliphatic rings. The molecule has 2 aliphatic carbocycles. The van der Waals surface area contributed by atoms with E-state index in [1.165, 1.54) is 38.5 Å². The number of oxime groups is 1. The first-order valence-electron chi connectivity index (χ1n) is 10.7. The van der Waals surface area contributed by atoms with Crippen molar-refractivity contribution in [2.75, 3.05) is 0 Å². The maximum atomic E-state index is 12.0. The minimum absolute atomic E-state index is 0.309. The number of hydrogen-bond donors (Lipinski definition) is 0. The molecule has 2 fully saturated rings. The number of hydrogen-bond acceptors (Lipinski definition) is 6. The van der Waals surface area contributed by atoms with Gasteiger partial charge in [-0.3, -0.25) is 0 Å². The molecule has 154 valence electrons. The van der Waals surface area contributed by atoms with Crippen LogP contribution in [0.1, 0.15) is 81.4 Å². The van der Waals surface area contributed by atoms with E-state index in [0.717, 1.165) is 37.1 Å². The Morgan fingerprint density at radius 3 is 2.31 bits per heavy atom. The van der Waals surface area contributed by atoms with E-state index in [2.05, 4.69) is 10.3 Å². The minimum Gasteiger partial charge on any atom is -0.544 e. The SMILES string of the molecule is O=C1ON=C(C2CCCCC2)/C1=C/C=CC=Cc1c(C2CCCCC2)noc1[O-]. The van der Waals surface area contributed by atoms with Gasteiger partial charge in [0.1, 0.15) is 0 Å². The zero-order valence-corrected chi connectivity index (χ0v) is 16.6. The molecule has 2 heterocycles. The molecule has 1 aliphatic heterocycles. The summed E-state index contributed by atoms with van der Waals surface area (Å²) in [6.07, 6.45) is 20.3. The van der Waals surface area contributed by atoms with Gasteiger partial charge in [0.25, 0.3) is 0 Å². The van der Waals surface area contributed by atoms with Crippen LogP contribution in [0.15, 0.2) is 39.6 Å². The molecule has 6 heteroatoms. The van der Waals surface area contributed by atoms with E-state index in [1.54, 1.807) is 30.4 Å². The van der Waals surface area contributed by atoms with E-state index in [9.17, 15) is 9.90 Å². The van der Waals surface area contributed by atoms with Crippen LogP contribution in [0.2, 0.25) is 0 Å². The summed E-state index contributed by atoms with van der Waals surface area (Å²) >= 11 is 0. The average molecular weight is 395 g/mol. The van der Waals surface area contributed by atoms with Gasteiger partial charge in [-0.25, -0.2) is 4.79 Å². The standard InChI is InChI=1S/C23H28N2O4/c26-22-18(20(24-28-22)16-10-4-1-5-11-16)14-8-3-9-15-19-21(25-29-23(19)27)17-12-6-2-7-13-17/h3,8-9,14-17,26H,1-2,4-7,10-13H2/p-1/b9-3?,14-8?,19-15-. The van der Waals surface area contributed by atoms with Crippen LogP contribution in [0.5, 0.6) is 5.95 Å².